The van der Waals surface area contributed by atoms with Gasteiger partial charge in [0.1, 0.15) is 0 Å². The number of rotatable bonds is 4. The summed E-state index contributed by atoms with van der Waals surface area (Å²) in [7, 11) is 0. The molecule has 1 atom stereocenters. The lowest BCUT2D eigenvalue weighted by molar-refractivity contribution is 0.0737. The largest absolute Gasteiger partial charge is 0.331 e. The Kier molecular flexibility index (Phi) is 5.03. The van der Waals surface area contributed by atoms with Crippen LogP contribution in [0.15, 0.2) is 59.8 Å². The van der Waals surface area contributed by atoms with Gasteiger partial charge in [-0.05, 0) is 43.2 Å². The minimum absolute atomic E-state index is 0.0654. The first-order valence-electron chi connectivity index (χ1n) is 8.92. The number of hydrogen-bond donors (Lipinski definition) is 2. The number of pyridine rings is 2. The molecule has 7 nitrogen and oxygen atoms in total. The Morgan fingerprint density at radius 3 is 2.86 bits per heavy atom. The monoisotopic (exact) mass is 394 g/mol. The van der Waals surface area contributed by atoms with Crippen molar-refractivity contribution < 1.29 is 9.59 Å². The van der Waals surface area contributed by atoms with Crippen LogP contribution < -0.4 is 10.9 Å². The third-order valence-corrected chi connectivity index (χ3v) is 5.83. The van der Waals surface area contributed by atoms with Crippen molar-refractivity contribution in [2.75, 3.05) is 11.9 Å². The Labute approximate surface area is 165 Å². The highest BCUT2D eigenvalue weighted by Gasteiger charge is 2.32. The first-order valence-corrected chi connectivity index (χ1v) is 9.74. The quantitative estimate of drug-likeness (QED) is 0.711. The fourth-order valence-electron chi connectivity index (χ4n) is 3.30. The van der Waals surface area contributed by atoms with Gasteiger partial charge in [0.25, 0.3) is 11.8 Å². The maximum atomic E-state index is 12.8. The lowest BCUT2D eigenvalue weighted by Crippen LogP contribution is -2.30. The van der Waals surface area contributed by atoms with Crippen molar-refractivity contribution in [1.82, 2.24) is 14.9 Å². The van der Waals surface area contributed by atoms with Crippen molar-refractivity contribution in [1.29, 1.82) is 0 Å². The second-order valence-electron chi connectivity index (χ2n) is 6.50. The van der Waals surface area contributed by atoms with E-state index in [4.69, 9.17) is 0 Å². The van der Waals surface area contributed by atoms with Crippen molar-refractivity contribution in [3.05, 3.63) is 80.7 Å². The number of hydrogen-bond acceptors (Lipinski definition) is 5. The number of aromatic nitrogens is 2. The molecule has 0 aromatic carbocycles. The van der Waals surface area contributed by atoms with Gasteiger partial charge in [-0.1, -0.05) is 0 Å². The molecule has 3 aromatic heterocycles. The maximum Gasteiger partial charge on any atom is 0.265 e. The molecule has 0 bridgehead atoms. The summed E-state index contributed by atoms with van der Waals surface area (Å²) in [5, 5.41) is 2.82. The fourth-order valence-corrected chi connectivity index (χ4v) is 4.35. The smallest absolute Gasteiger partial charge is 0.265 e. The van der Waals surface area contributed by atoms with E-state index < -0.39 is 0 Å². The molecule has 8 heteroatoms. The van der Waals surface area contributed by atoms with Gasteiger partial charge >= 0.3 is 0 Å². The van der Waals surface area contributed by atoms with E-state index >= 15 is 0 Å². The van der Waals surface area contributed by atoms with E-state index in [0.29, 0.717) is 22.7 Å². The average molecular weight is 394 g/mol. The van der Waals surface area contributed by atoms with Crippen molar-refractivity contribution in [3.8, 4) is 0 Å². The van der Waals surface area contributed by atoms with Crippen LogP contribution in [0.3, 0.4) is 0 Å². The highest BCUT2D eigenvalue weighted by Crippen LogP contribution is 2.36. The van der Waals surface area contributed by atoms with Crippen molar-refractivity contribution >= 4 is 28.8 Å². The van der Waals surface area contributed by atoms with Crippen LogP contribution >= 0.6 is 11.3 Å². The Hall–Kier alpha value is -3.26. The van der Waals surface area contributed by atoms with E-state index in [1.807, 2.05) is 11.0 Å². The highest BCUT2D eigenvalue weighted by atomic mass is 32.1. The zero-order chi connectivity index (χ0) is 19.5. The summed E-state index contributed by atoms with van der Waals surface area (Å²) in [6.07, 6.45) is 6.43. The van der Waals surface area contributed by atoms with Crippen molar-refractivity contribution in [3.63, 3.8) is 0 Å². The fraction of sp³-hybridized carbons (Fsp3) is 0.200. The Bertz CT molecular complexity index is 1040. The summed E-state index contributed by atoms with van der Waals surface area (Å²) < 4.78 is 0. The predicted octanol–water partition coefficient (Wildman–Crippen LogP) is 3.06. The molecule has 0 aliphatic carbocycles. The summed E-state index contributed by atoms with van der Waals surface area (Å²) in [6.45, 7) is 0.651. The normalized spacial score (nSPS) is 16.1. The summed E-state index contributed by atoms with van der Waals surface area (Å²) in [5.74, 6) is -0.311. The van der Waals surface area contributed by atoms with E-state index in [0.717, 1.165) is 17.7 Å². The number of likely N-dealkylation sites (tertiary alicyclic amines) is 1. The number of aromatic amines is 1. The molecule has 2 amide bonds. The number of amides is 2. The Morgan fingerprint density at radius 2 is 2.11 bits per heavy atom. The van der Waals surface area contributed by atoms with E-state index in [1.54, 1.807) is 30.6 Å². The van der Waals surface area contributed by atoms with Crippen LogP contribution in [0.1, 0.15) is 43.8 Å². The second kappa shape index (κ2) is 7.77. The SMILES string of the molecule is O=C(Nc1cccnc1)c1ccc([C@H]2CCCN2C(=O)c2ccc(=O)[nH]c2)s1. The molecule has 1 aliphatic heterocycles. The molecule has 4 rings (SSSR count). The molecule has 1 saturated heterocycles. The van der Waals surface area contributed by atoms with Crippen molar-refractivity contribution in [2.24, 2.45) is 0 Å². The number of H-pyrrole nitrogens is 1. The van der Waals surface area contributed by atoms with E-state index in [1.165, 1.54) is 29.7 Å². The highest BCUT2D eigenvalue weighted by molar-refractivity contribution is 7.14. The van der Waals surface area contributed by atoms with Crippen LogP contribution in [0.2, 0.25) is 0 Å². The maximum absolute atomic E-state index is 12.8. The number of carbonyl (C=O) groups is 2. The zero-order valence-corrected chi connectivity index (χ0v) is 15.7. The summed E-state index contributed by atoms with van der Waals surface area (Å²) in [4.78, 5) is 46.4. The van der Waals surface area contributed by atoms with Gasteiger partial charge in [0.15, 0.2) is 0 Å². The lowest BCUT2D eigenvalue weighted by Gasteiger charge is -2.23. The van der Waals surface area contributed by atoms with Crippen molar-refractivity contribution in [2.45, 2.75) is 18.9 Å². The molecule has 0 saturated carbocycles. The minimum atomic E-state index is -0.239. The predicted molar refractivity (Wildman–Crippen MR) is 107 cm³/mol. The molecule has 28 heavy (non-hydrogen) atoms. The number of thiophene rings is 1. The van der Waals surface area contributed by atoms with Gasteiger partial charge < -0.3 is 15.2 Å². The van der Waals surface area contributed by atoms with Gasteiger partial charge in [-0.3, -0.25) is 19.4 Å². The second-order valence-corrected chi connectivity index (χ2v) is 7.61. The van der Waals surface area contributed by atoms with E-state index in [9.17, 15) is 14.4 Å². The number of nitrogens with one attached hydrogen (secondary N) is 2. The molecule has 3 aromatic rings. The molecular weight excluding hydrogens is 376 g/mol. The van der Waals surface area contributed by atoms with Crippen LogP contribution in [0.25, 0.3) is 0 Å². The molecular formula is C20H18N4O3S. The molecule has 0 unspecified atom stereocenters. The molecule has 142 valence electrons. The number of anilines is 1. The molecule has 2 N–H and O–H groups in total. The standard InChI is InChI=1S/C20H18N4O3S/c25-18-8-5-13(11-22-18)20(27)24-10-2-4-15(24)16-6-7-17(28-16)19(26)23-14-3-1-9-21-12-14/h1,3,5-9,11-12,15H,2,4,10H2,(H,22,25)(H,23,26)/t15-/m1/s1. The Morgan fingerprint density at radius 1 is 1.21 bits per heavy atom. The molecule has 0 radical (unpaired) electrons. The lowest BCUT2D eigenvalue weighted by atomic mass is 10.1. The molecule has 1 fully saturated rings. The summed E-state index contributed by atoms with van der Waals surface area (Å²) in [6, 6.07) is 10.1. The first-order chi connectivity index (χ1) is 13.6. The summed E-state index contributed by atoms with van der Waals surface area (Å²) >= 11 is 1.39. The van der Waals surface area contributed by atoms with E-state index in [2.05, 4.69) is 15.3 Å². The minimum Gasteiger partial charge on any atom is -0.331 e. The van der Waals surface area contributed by atoms with Gasteiger partial charge in [0, 0.05) is 29.9 Å². The van der Waals surface area contributed by atoms with Gasteiger partial charge in [-0.15, -0.1) is 11.3 Å². The zero-order valence-electron chi connectivity index (χ0n) is 14.9. The number of nitrogens with zero attached hydrogens (tertiary/aromatic N) is 2. The number of carbonyl (C=O) groups excluding carboxylic acids is 2. The van der Waals surface area contributed by atoms with Gasteiger partial charge in [-0.2, -0.15) is 0 Å². The molecule has 4 heterocycles. The van der Waals surface area contributed by atoms with Crippen LogP contribution in [0, 0.1) is 0 Å². The van der Waals surface area contributed by atoms with Gasteiger partial charge in [0.2, 0.25) is 5.56 Å². The summed E-state index contributed by atoms with van der Waals surface area (Å²) in [5.41, 5.74) is 0.854. The average Bonchev–Trinajstić information content (AvgIpc) is 3.38. The topological polar surface area (TPSA) is 95.2 Å². The van der Waals surface area contributed by atoms with Crippen LogP contribution in [0.4, 0.5) is 5.69 Å². The van der Waals surface area contributed by atoms with E-state index in [-0.39, 0.29) is 23.4 Å². The molecule has 1 aliphatic rings. The first kappa shape index (κ1) is 18.1. The van der Waals surface area contributed by atoms with Gasteiger partial charge in [0.05, 0.1) is 28.4 Å². The van der Waals surface area contributed by atoms with Gasteiger partial charge in [-0.25, -0.2) is 0 Å². The van der Waals surface area contributed by atoms with Crippen LogP contribution in [-0.4, -0.2) is 33.2 Å². The third-order valence-electron chi connectivity index (χ3n) is 4.64. The third kappa shape index (κ3) is 3.72. The van der Waals surface area contributed by atoms with Crippen LogP contribution in [-0.2, 0) is 0 Å². The Balaban J connectivity index is 1.50. The molecule has 0 spiro atoms. The van der Waals surface area contributed by atoms with Crippen LogP contribution in [0.5, 0.6) is 0 Å².